The number of carbonyl (C=O) groups is 1. The molecule has 2 fully saturated rings. The van der Waals surface area contributed by atoms with Crippen molar-refractivity contribution in [3.05, 3.63) is 0 Å². The second kappa shape index (κ2) is 8.74. The van der Waals surface area contributed by atoms with Gasteiger partial charge in [-0.2, -0.15) is 0 Å². The first-order chi connectivity index (χ1) is 8.83. The van der Waals surface area contributed by atoms with Gasteiger partial charge in [0.25, 0.3) is 5.91 Å². The molecule has 1 atom stereocenters. The lowest BCUT2D eigenvalue weighted by atomic mass is 10.0. The predicted molar refractivity (Wildman–Crippen MR) is 75.7 cm³/mol. The first kappa shape index (κ1) is 16.7. The van der Waals surface area contributed by atoms with Gasteiger partial charge in [0.15, 0.2) is 6.10 Å². The van der Waals surface area contributed by atoms with E-state index in [0.29, 0.717) is 25.9 Å². The summed E-state index contributed by atoms with van der Waals surface area (Å²) in [7, 11) is 0. The maximum absolute atomic E-state index is 12.5. The summed E-state index contributed by atoms with van der Waals surface area (Å²) >= 11 is 0. The monoisotopic (exact) mass is 292 g/mol. The fourth-order valence-electron chi connectivity index (χ4n) is 2.65. The van der Waals surface area contributed by atoms with Crippen LogP contribution in [-0.4, -0.2) is 62.4 Å². The van der Waals surface area contributed by atoms with Crippen molar-refractivity contribution in [1.29, 1.82) is 0 Å². The second-order valence-electron chi connectivity index (χ2n) is 4.95. The average Bonchev–Trinajstić information content (AvgIpc) is 2.46. The highest BCUT2D eigenvalue weighted by atomic mass is 35.5. The molecule has 1 unspecified atom stereocenters. The van der Waals surface area contributed by atoms with Crippen molar-refractivity contribution in [2.45, 2.75) is 38.3 Å². The van der Waals surface area contributed by atoms with Gasteiger partial charge in [0.1, 0.15) is 0 Å². The van der Waals surface area contributed by atoms with Crippen LogP contribution in [0.15, 0.2) is 0 Å². The number of amides is 1. The van der Waals surface area contributed by atoms with E-state index in [9.17, 15) is 4.79 Å². The van der Waals surface area contributed by atoms with Crippen LogP contribution in [-0.2, 0) is 14.3 Å². The van der Waals surface area contributed by atoms with Crippen molar-refractivity contribution in [2.24, 2.45) is 0 Å². The van der Waals surface area contributed by atoms with Gasteiger partial charge in [0.05, 0.1) is 19.8 Å². The average molecular weight is 293 g/mol. The Morgan fingerprint density at radius 3 is 2.63 bits per heavy atom. The first-order valence-electron chi connectivity index (χ1n) is 7.03. The van der Waals surface area contributed by atoms with Crippen LogP contribution in [0.2, 0.25) is 0 Å². The van der Waals surface area contributed by atoms with Gasteiger partial charge in [0, 0.05) is 12.6 Å². The summed E-state index contributed by atoms with van der Waals surface area (Å²) in [6, 6.07) is 0.365. The summed E-state index contributed by atoms with van der Waals surface area (Å²) in [4.78, 5) is 14.5. The van der Waals surface area contributed by atoms with E-state index in [1.54, 1.807) is 0 Å². The fourth-order valence-corrected chi connectivity index (χ4v) is 2.65. The van der Waals surface area contributed by atoms with Gasteiger partial charge >= 0.3 is 0 Å². The van der Waals surface area contributed by atoms with Gasteiger partial charge in [0.2, 0.25) is 0 Å². The maximum Gasteiger partial charge on any atom is 0.254 e. The largest absolute Gasteiger partial charge is 0.376 e. The molecule has 1 amide bonds. The first-order valence-corrected chi connectivity index (χ1v) is 7.03. The lowest BCUT2D eigenvalue weighted by Crippen LogP contribution is -2.52. The molecule has 5 nitrogen and oxygen atoms in total. The van der Waals surface area contributed by atoms with Crippen molar-refractivity contribution in [2.75, 3.05) is 39.5 Å². The Bertz CT molecular complexity index is 267. The molecule has 0 bridgehead atoms. The molecule has 0 aromatic rings. The number of rotatable bonds is 4. The minimum absolute atomic E-state index is 0. The fraction of sp³-hybridized carbons (Fsp3) is 0.923. The van der Waals surface area contributed by atoms with Gasteiger partial charge in [-0.05, 0) is 32.4 Å². The molecule has 19 heavy (non-hydrogen) atoms. The molecule has 1 N–H and O–H groups in total. The number of halogens is 1. The summed E-state index contributed by atoms with van der Waals surface area (Å²) in [5, 5.41) is 3.34. The van der Waals surface area contributed by atoms with Crippen LogP contribution in [0.5, 0.6) is 0 Å². The predicted octanol–water partition coefficient (Wildman–Crippen LogP) is 0.814. The Balaban J connectivity index is 0.00000180. The van der Waals surface area contributed by atoms with Crippen LogP contribution in [0, 0.1) is 0 Å². The molecule has 6 heteroatoms. The Labute approximate surface area is 121 Å². The minimum Gasteiger partial charge on any atom is -0.376 e. The van der Waals surface area contributed by atoms with Crippen molar-refractivity contribution < 1.29 is 14.3 Å². The molecule has 0 radical (unpaired) electrons. The smallest absolute Gasteiger partial charge is 0.254 e. The molecule has 2 saturated heterocycles. The zero-order valence-corrected chi connectivity index (χ0v) is 12.4. The number of nitrogens with zero attached hydrogens (tertiary/aromatic N) is 1. The molecule has 2 aliphatic heterocycles. The van der Waals surface area contributed by atoms with Gasteiger partial charge in [-0.25, -0.2) is 0 Å². The number of carbonyl (C=O) groups excluding carboxylic acids is 1. The topological polar surface area (TPSA) is 50.8 Å². The highest BCUT2D eigenvalue weighted by molar-refractivity contribution is 5.85. The normalized spacial score (nSPS) is 24.6. The number of hydrogen-bond acceptors (Lipinski definition) is 4. The van der Waals surface area contributed by atoms with Crippen molar-refractivity contribution in [1.82, 2.24) is 10.2 Å². The van der Waals surface area contributed by atoms with E-state index < -0.39 is 0 Å². The third-order valence-electron chi connectivity index (χ3n) is 3.59. The molecule has 0 aromatic heterocycles. The van der Waals surface area contributed by atoms with Crippen molar-refractivity contribution in [3.63, 3.8) is 0 Å². The quantitative estimate of drug-likeness (QED) is 0.833. The van der Waals surface area contributed by atoms with Crippen LogP contribution >= 0.6 is 12.4 Å². The van der Waals surface area contributed by atoms with Gasteiger partial charge in [-0.15, -0.1) is 12.4 Å². The number of nitrogens with one attached hydrogen (secondary N) is 1. The zero-order chi connectivity index (χ0) is 12.8. The van der Waals surface area contributed by atoms with E-state index in [4.69, 9.17) is 9.47 Å². The van der Waals surface area contributed by atoms with E-state index in [0.717, 1.165) is 38.9 Å². The lowest BCUT2D eigenvalue weighted by molar-refractivity contribution is -0.160. The van der Waals surface area contributed by atoms with Gasteiger partial charge < -0.3 is 19.7 Å². The van der Waals surface area contributed by atoms with Crippen LogP contribution in [0.1, 0.15) is 26.2 Å². The molecule has 0 aromatic carbocycles. The van der Waals surface area contributed by atoms with E-state index in [-0.39, 0.29) is 24.4 Å². The van der Waals surface area contributed by atoms with Crippen LogP contribution in [0.3, 0.4) is 0 Å². The summed E-state index contributed by atoms with van der Waals surface area (Å²) < 4.78 is 10.9. The third-order valence-corrected chi connectivity index (χ3v) is 3.59. The molecule has 2 heterocycles. The number of hydrogen-bond donors (Lipinski definition) is 1. The Kier molecular flexibility index (Phi) is 7.68. The Hall–Kier alpha value is -0.360. The van der Waals surface area contributed by atoms with E-state index in [1.165, 1.54) is 0 Å². The molecular formula is C13H25ClN2O3. The number of piperidine rings is 1. The standard InChI is InChI=1S/C13H24N2O3.ClH/c1-2-7-15(11-3-5-14-6-4-11)13(16)12-10-17-8-9-18-12;/h11-12,14H,2-10H2,1H3;1H. The molecule has 0 spiro atoms. The highest BCUT2D eigenvalue weighted by Gasteiger charge is 2.31. The maximum atomic E-state index is 12.5. The zero-order valence-electron chi connectivity index (χ0n) is 11.6. The van der Waals surface area contributed by atoms with Gasteiger partial charge in [-0.3, -0.25) is 4.79 Å². The molecule has 112 valence electrons. The van der Waals surface area contributed by atoms with Crippen molar-refractivity contribution in [3.8, 4) is 0 Å². The Morgan fingerprint density at radius 2 is 2.05 bits per heavy atom. The third kappa shape index (κ3) is 4.60. The Morgan fingerprint density at radius 1 is 1.32 bits per heavy atom. The highest BCUT2D eigenvalue weighted by Crippen LogP contribution is 2.16. The summed E-state index contributed by atoms with van der Waals surface area (Å²) in [5.74, 6) is 0.114. The molecule has 0 aliphatic carbocycles. The van der Waals surface area contributed by atoms with E-state index in [2.05, 4.69) is 12.2 Å². The van der Waals surface area contributed by atoms with Crippen LogP contribution < -0.4 is 5.32 Å². The van der Waals surface area contributed by atoms with E-state index >= 15 is 0 Å². The molecular weight excluding hydrogens is 268 g/mol. The summed E-state index contributed by atoms with van der Waals surface area (Å²) in [5.41, 5.74) is 0. The van der Waals surface area contributed by atoms with Gasteiger partial charge in [-0.1, -0.05) is 6.92 Å². The summed E-state index contributed by atoms with van der Waals surface area (Å²) in [6.07, 6.45) is 2.68. The number of ether oxygens (including phenoxy) is 2. The minimum atomic E-state index is -0.389. The second-order valence-corrected chi connectivity index (χ2v) is 4.95. The van der Waals surface area contributed by atoms with Crippen LogP contribution in [0.4, 0.5) is 0 Å². The molecule has 0 saturated carbocycles. The van der Waals surface area contributed by atoms with Crippen LogP contribution in [0.25, 0.3) is 0 Å². The summed E-state index contributed by atoms with van der Waals surface area (Å²) in [6.45, 7) is 6.47. The van der Waals surface area contributed by atoms with Crippen molar-refractivity contribution >= 4 is 18.3 Å². The molecule has 2 aliphatic rings. The SMILES string of the molecule is CCCN(C(=O)C1COCCO1)C1CCNCC1.Cl. The lowest BCUT2D eigenvalue weighted by Gasteiger charge is -2.37. The molecule has 2 rings (SSSR count). The van der Waals surface area contributed by atoms with E-state index in [1.807, 2.05) is 4.90 Å².